The first-order chi connectivity index (χ1) is 2.91. The van der Waals surface area contributed by atoms with Crippen molar-refractivity contribution in [1.82, 2.24) is 5.43 Å². The summed E-state index contributed by atoms with van der Waals surface area (Å²) in [4.78, 5) is 9.21. The Morgan fingerprint density at radius 1 is 2.00 bits per heavy atom. The van der Waals surface area contributed by atoms with Crippen LogP contribution < -0.4 is 5.43 Å². The smallest absolute Gasteiger partial charge is 0.258 e. The molecule has 3 heteroatoms. The van der Waals surface area contributed by atoms with E-state index in [2.05, 4.69) is 10.5 Å². The van der Waals surface area contributed by atoms with Crippen molar-refractivity contribution < 1.29 is 4.79 Å². The van der Waals surface area contributed by atoms with Crippen LogP contribution in [-0.4, -0.2) is 12.6 Å². The van der Waals surface area contributed by atoms with Crippen LogP contribution in [0.5, 0.6) is 0 Å². The van der Waals surface area contributed by atoms with Crippen LogP contribution in [0.2, 0.25) is 0 Å². The first kappa shape index (κ1) is 5.18. The number of carbonyl (C=O) groups excluding carboxylic acids is 1. The predicted octanol–water partition coefficient (Wildman–Crippen LogP) is -0.153. The molecule has 0 saturated heterocycles. The molecule has 0 aliphatic carbocycles. The summed E-state index contributed by atoms with van der Waals surface area (Å²) in [5.74, 6) is 0. The second-order valence-corrected chi connectivity index (χ2v) is 0.715. The molecule has 0 rings (SSSR count). The molecule has 0 saturated carbocycles. The quantitative estimate of drug-likeness (QED) is 0.288. The van der Waals surface area contributed by atoms with Gasteiger partial charge in [0.15, 0.2) is 0 Å². The van der Waals surface area contributed by atoms with Gasteiger partial charge < -0.3 is 0 Å². The fraction of sp³-hybridized carbons (Fsp3) is 0.667. The lowest BCUT2D eigenvalue weighted by molar-refractivity contribution is 0.558. The van der Waals surface area contributed by atoms with Crippen LogP contribution in [-0.2, 0) is 4.79 Å². The van der Waals surface area contributed by atoms with E-state index in [0.717, 1.165) is 0 Å². The Labute approximate surface area is 36.0 Å². The van der Waals surface area contributed by atoms with Gasteiger partial charge in [-0.25, -0.2) is 4.79 Å². The zero-order valence-corrected chi connectivity index (χ0v) is 3.56. The standard InChI is InChI=1S/C3H6N2O/c1-2-4-5-3-6/h4H,2H2,1H3. The molecule has 0 aromatic rings. The number of hydrazone groups is 1. The Hall–Kier alpha value is -0.820. The predicted molar refractivity (Wildman–Crippen MR) is 21.8 cm³/mol. The van der Waals surface area contributed by atoms with E-state index in [9.17, 15) is 4.79 Å². The molecule has 0 heterocycles. The van der Waals surface area contributed by atoms with E-state index < -0.39 is 0 Å². The third-order valence-electron chi connectivity index (χ3n) is 0.283. The first-order valence-corrected chi connectivity index (χ1v) is 1.71. The number of hydrogen-bond donors (Lipinski definition) is 1. The van der Waals surface area contributed by atoms with Crippen LogP contribution in [0.15, 0.2) is 5.10 Å². The first-order valence-electron chi connectivity index (χ1n) is 1.71. The molecule has 34 valence electrons. The van der Waals surface area contributed by atoms with Crippen LogP contribution in [0.3, 0.4) is 0 Å². The fourth-order valence-corrected chi connectivity index (χ4v) is 0.111. The maximum absolute atomic E-state index is 9.21. The number of isocyanates is 1. The minimum absolute atomic E-state index is 0.676. The zero-order valence-electron chi connectivity index (χ0n) is 3.56. The normalized spacial score (nSPS) is 6.17. The van der Waals surface area contributed by atoms with Crippen molar-refractivity contribution in [2.24, 2.45) is 5.10 Å². The van der Waals surface area contributed by atoms with Crippen molar-refractivity contribution >= 4 is 6.08 Å². The highest BCUT2D eigenvalue weighted by molar-refractivity contribution is 5.31. The molecule has 0 aliphatic heterocycles. The SMILES string of the molecule is CCNN=C=O. The van der Waals surface area contributed by atoms with Crippen molar-refractivity contribution in [2.45, 2.75) is 6.92 Å². The van der Waals surface area contributed by atoms with Gasteiger partial charge in [-0.2, -0.15) is 0 Å². The summed E-state index contributed by atoms with van der Waals surface area (Å²) in [6.45, 7) is 2.52. The van der Waals surface area contributed by atoms with Gasteiger partial charge in [-0.15, -0.1) is 0 Å². The van der Waals surface area contributed by atoms with Gasteiger partial charge in [-0.1, -0.05) is 5.10 Å². The van der Waals surface area contributed by atoms with Gasteiger partial charge in [0.25, 0.3) is 6.08 Å². The van der Waals surface area contributed by atoms with Gasteiger partial charge in [-0.05, 0) is 6.92 Å². The molecule has 6 heavy (non-hydrogen) atoms. The van der Waals surface area contributed by atoms with Crippen LogP contribution in [0.4, 0.5) is 0 Å². The molecule has 0 bridgehead atoms. The maximum atomic E-state index is 9.21. The van der Waals surface area contributed by atoms with E-state index in [1.807, 2.05) is 6.92 Å². The van der Waals surface area contributed by atoms with Gasteiger partial charge in [0.2, 0.25) is 0 Å². The highest BCUT2D eigenvalue weighted by Crippen LogP contribution is 1.47. The number of rotatable bonds is 2. The Morgan fingerprint density at radius 3 is 2.83 bits per heavy atom. The average Bonchev–Trinajstić information content (AvgIpc) is 1.61. The maximum Gasteiger partial charge on any atom is 0.258 e. The van der Waals surface area contributed by atoms with Gasteiger partial charge in [-0.3, -0.25) is 5.43 Å². The van der Waals surface area contributed by atoms with E-state index in [0.29, 0.717) is 6.54 Å². The molecule has 0 aliphatic rings. The lowest BCUT2D eigenvalue weighted by Gasteiger charge is -1.80. The van der Waals surface area contributed by atoms with E-state index in [1.54, 1.807) is 0 Å². The van der Waals surface area contributed by atoms with Gasteiger partial charge >= 0.3 is 0 Å². The third-order valence-corrected chi connectivity index (χ3v) is 0.283. The average molecular weight is 86.1 g/mol. The second-order valence-electron chi connectivity index (χ2n) is 0.715. The molecular formula is C3H6N2O. The summed E-state index contributed by atoms with van der Waals surface area (Å²) < 4.78 is 0. The monoisotopic (exact) mass is 86.0 g/mol. The Morgan fingerprint density at radius 2 is 2.67 bits per heavy atom. The molecule has 0 atom stereocenters. The zero-order chi connectivity index (χ0) is 4.83. The minimum atomic E-state index is 0.676. The number of hydrogen-bond acceptors (Lipinski definition) is 3. The van der Waals surface area contributed by atoms with Crippen molar-refractivity contribution in [3.8, 4) is 0 Å². The molecule has 0 fully saturated rings. The molecule has 0 amide bonds. The van der Waals surface area contributed by atoms with Crippen LogP contribution >= 0.6 is 0 Å². The van der Waals surface area contributed by atoms with E-state index in [-0.39, 0.29) is 0 Å². The summed E-state index contributed by atoms with van der Waals surface area (Å²) in [6, 6.07) is 0. The lowest BCUT2D eigenvalue weighted by Crippen LogP contribution is -2.00. The molecule has 0 radical (unpaired) electrons. The van der Waals surface area contributed by atoms with Crippen molar-refractivity contribution in [1.29, 1.82) is 0 Å². The molecule has 0 aromatic carbocycles. The Balaban J connectivity index is 2.86. The van der Waals surface area contributed by atoms with Gasteiger partial charge in [0, 0.05) is 6.54 Å². The van der Waals surface area contributed by atoms with Crippen molar-refractivity contribution in [2.75, 3.05) is 6.54 Å². The summed E-state index contributed by atoms with van der Waals surface area (Å²) in [6.07, 6.45) is 1.33. The van der Waals surface area contributed by atoms with E-state index in [1.165, 1.54) is 6.08 Å². The summed E-state index contributed by atoms with van der Waals surface area (Å²) in [7, 11) is 0. The minimum Gasteiger partial charge on any atom is -0.299 e. The van der Waals surface area contributed by atoms with E-state index >= 15 is 0 Å². The third kappa shape index (κ3) is 3.18. The molecule has 0 unspecified atom stereocenters. The number of nitrogens with one attached hydrogen (secondary N) is 1. The van der Waals surface area contributed by atoms with Gasteiger partial charge in [0.1, 0.15) is 0 Å². The van der Waals surface area contributed by atoms with Crippen molar-refractivity contribution in [3.63, 3.8) is 0 Å². The molecule has 0 aromatic heterocycles. The highest BCUT2D eigenvalue weighted by Gasteiger charge is 1.59. The topological polar surface area (TPSA) is 41.5 Å². The molecule has 1 N–H and O–H groups in total. The Kier molecular flexibility index (Phi) is 3.61. The molecule has 3 nitrogen and oxygen atoms in total. The molecular weight excluding hydrogens is 80.0 g/mol. The number of nitrogens with zero attached hydrogens (tertiary/aromatic N) is 1. The van der Waals surface area contributed by atoms with Crippen molar-refractivity contribution in [3.05, 3.63) is 0 Å². The molecule has 0 spiro atoms. The lowest BCUT2D eigenvalue weighted by atomic mass is 10.8. The fourth-order valence-electron chi connectivity index (χ4n) is 0.111. The second kappa shape index (κ2) is 4.18. The van der Waals surface area contributed by atoms with Crippen LogP contribution in [0.25, 0.3) is 0 Å². The van der Waals surface area contributed by atoms with Gasteiger partial charge in [0.05, 0.1) is 0 Å². The largest absolute Gasteiger partial charge is 0.299 e. The van der Waals surface area contributed by atoms with Crippen LogP contribution in [0.1, 0.15) is 6.92 Å². The highest BCUT2D eigenvalue weighted by atomic mass is 16.1. The van der Waals surface area contributed by atoms with E-state index in [4.69, 9.17) is 0 Å². The Bertz CT molecular complexity index is 65.2. The summed E-state index contributed by atoms with van der Waals surface area (Å²) in [5.41, 5.74) is 2.40. The van der Waals surface area contributed by atoms with Crippen LogP contribution in [0, 0.1) is 0 Å². The summed E-state index contributed by atoms with van der Waals surface area (Å²) >= 11 is 0. The summed E-state index contributed by atoms with van der Waals surface area (Å²) in [5, 5.41) is 3.03.